The molecule has 0 spiro atoms. The molecule has 2 aliphatic rings. The van der Waals surface area contributed by atoms with E-state index in [1.807, 2.05) is 5.41 Å². The Bertz CT molecular complexity index is 814. The van der Waals surface area contributed by atoms with E-state index in [1.54, 1.807) is 12.3 Å². The van der Waals surface area contributed by atoms with Crippen LogP contribution in [0, 0.1) is 17.2 Å². The summed E-state index contributed by atoms with van der Waals surface area (Å²) in [5.74, 6) is 0.534. The minimum absolute atomic E-state index is 0.136. The molecule has 0 saturated heterocycles. The van der Waals surface area contributed by atoms with E-state index in [1.165, 1.54) is 22.9 Å². The number of halogens is 1. The molecule has 3 rings (SSSR count). The zero-order chi connectivity index (χ0) is 16.4. The smallest absolute Gasteiger partial charge is 0.222 e. The van der Waals surface area contributed by atoms with Gasteiger partial charge in [-0.25, -0.2) is 9.97 Å². The van der Waals surface area contributed by atoms with Crippen molar-refractivity contribution >= 4 is 28.9 Å². The summed E-state index contributed by atoms with van der Waals surface area (Å²) in [5, 5.41) is 15.8. The Kier molecular flexibility index (Phi) is 4.56. The number of hydrogen-bond donors (Lipinski definition) is 1. The molecule has 116 valence electrons. The lowest BCUT2D eigenvalue weighted by molar-refractivity contribution is 0.661. The van der Waals surface area contributed by atoms with Crippen LogP contribution in [0.1, 0.15) is 26.0 Å². The second-order valence-corrected chi connectivity index (χ2v) is 6.73. The minimum Gasteiger partial charge on any atom is -0.348 e. The molecule has 1 unspecified atom stereocenters. The molecular formula is C17H15ClN4S. The molecule has 1 aromatic rings. The molecule has 1 aliphatic heterocycles. The van der Waals surface area contributed by atoms with Crippen LogP contribution in [0.4, 0.5) is 0 Å². The molecule has 0 saturated carbocycles. The minimum atomic E-state index is 0.136. The van der Waals surface area contributed by atoms with Crippen LogP contribution in [0.3, 0.4) is 0 Å². The molecule has 4 nitrogen and oxygen atoms in total. The Hall–Kier alpha value is -2.03. The topological polar surface area (TPSA) is 61.6 Å². The van der Waals surface area contributed by atoms with Crippen LogP contribution in [0.15, 0.2) is 51.7 Å². The lowest BCUT2D eigenvalue weighted by Gasteiger charge is -2.20. The quantitative estimate of drug-likeness (QED) is 0.637. The molecule has 0 aromatic carbocycles. The maximum absolute atomic E-state index is 9.49. The van der Waals surface area contributed by atoms with Crippen molar-refractivity contribution in [1.82, 2.24) is 15.3 Å². The third kappa shape index (κ3) is 3.34. The predicted octanol–water partition coefficient (Wildman–Crippen LogP) is 4.41. The summed E-state index contributed by atoms with van der Waals surface area (Å²) in [6, 6.07) is 3.90. The standard InChI is InChI=1S/C17H15ClN4S/c1-10-3-4-12(7-11(10)2)15-9-23-16(21-15)13(8-19)14-5-6-20-17(18)22-14/h3-6,9,11,21H,7H2,1-2H3/b16-13-. The Balaban J connectivity index is 1.87. The zero-order valence-electron chi connectivity index (χ0n) is 12.8. The number of nitrogens with one attached hydrogen (secondary N) is 1. The highest BCUT2D eigenvalue weighted by atomic mass is 35.5. The Morgan fingerprint density at radius 1 is 1.48 bits per heavy atom. The monoisotopic (exact) mass is 342 g/mol. The third-order valence-electron chi connectivity index (χ3n) is 3.96. The first-order valence-electron chi connectivity index (χ1n) is 7.23. The molecule has 1 N–H and O–H groups in total. The predicted molar refractivity (Wildman–Crippen MR) is 94.0 cm³/mol. The fourth-order valence-corrected chi connectivity index (χ4v) is 3.46. The summed E-state index contributed by atoms with van der Waals surface area (Å²) in [5.41, 5.74) is 4.70. The fourth-order valence-electron chi connectivity index (χ4n) is 2.43. The van der Waals surface area contributed by atoms with Gasteiger partial charge in [0.25, 0.3) is 0 Å². The van der Waals surface area contributed by atoms with E-state index >= 15 is 0 Å². The number of thioether (sulfide) groups is 1. The van der Waals surface area contributed by atoms with Crippen LogP contribution < -0.4 is 5.32 Å². The van der Waals surface area contributed by atoms with Crippen molar-refractivity contribution in [3.05, 3.63) is 62.7 Å². The lowest BCUT2D eigenvalue weighted by Crippen LogP contribution is -2.13. The molecule has 6 heteroatoms. The van der Waals surface area contributed by atoms with Crippen LogP contribution >= 0.6 is 23.4 Å². The van der Waals surface area contributed by atoms with Crippen LogP contribution in [0.25, 0.3) is 5.57 Å². The Morgan fingerprint density at radius 2 is 2.30 bits per heavy atom. The molecular weight excluding hydrogens is 328 g/mol. The highest BCUT2D eigenvalue weighted by Gasteiger charge is 2.22. The first-order valence-corrected chi connectivity index (χ1v) is 8.49. The first-order chi connectivity index (χ1) is 11.1. The van der Waals surface area contributed by atoms with E-state index in [4.69, 9.17) is 11.6 Å². The van der Waals surface area contributed by atoms with Crippen molar-refractivity contribution in [2.45, 2.75) is 20.3 Å². The highest BCUT2D eigenvalue weighted by molar-refractivity contribution is 8.06. The van der Waals surface area contributed by atoms with E-state index in [9.17, 15) is 5.26 Å². The van der Waals surface area contributed by atoms with Gasteiger partial charge in [-0.3, -0.25) is 0 Å². The largest absolute Gasteiger partial charge is 0.348 e. The van der Waals surface area contributed by atoms with Crippen LogP contribution in [-0.2, 0) is 0 Å². The van der Waals surface area contributed by atoms with Gasteiger partial charge in [0.15, 0.2) is 0 Å². The van der Waals surface area contributed by atoms with E-state index in [0.717, 1.165) is 17.1 Å². The number of nitrogens with zero attached hydrogens (tertiary/aromatic N) is 3. The summed E-state index contributed by atoms with van der Waals surface area (Å²) < 4.78 is 0. The first kappa shape index (κ1) is 15.9. The van der Waals surface area contributed by atoms with Crippen molar-refractivity contribution in [1.29, 1.82) is 5.26 Å². The molecule has 0 amide bonds. The Morgan fingerprint density at radius 3 is 3.00 bits per heavy atom. The van der Waals surface area contributed by atoms with Crippen LogP contribution in [0.2, 0.25) is 5.28 Å². The van der Waals surface area contributed by atoms with Gasteiger partial charge in [-0.05, 0) is 42.5 Å². The number of aromatic nitrogens is 2. The summed E-state index contributed by atoms with van der Waals surface area (Å²) in [7, 11) is 0. The van der Waals surface area contributed by atoms with Gasteiger partial charge in [0, 0.05) is 17.3 Å². The van der Waals surface area contributed by atoms with Crippen molar-refractivity contribution in [2.75, 3.05) is 0 Å². The second kappa shape index (κ2) is 6.61. The summed E-state index contributed by atoms with van der Waals surface area (Å²) in [4.78, 5) is 7.98. The van der Waals surface area contributed by atoms with E-state index in [-0.39, 0.29) is 5.28 Å². The number of allylic oxidation sites excluding steroid dienone is 5. The summed E-state index contributed by atoms with van der Waals surface area (Å²) in [6.45, 7) is 4.38. The molecule has 1 aliphatic carbocycles. The maximum atomic E-state index is 9.49. The third-order valence-corrected chi connectivity index (χ3v) is 5.04. The van der Waals surface area contributed by atoms with E-state index in [0.29, 0.717) is 17.2 Å². The summed E-state index contributed by atoms with van der Waals surface area (Å²) in [6.07, 6.45) is 6.85. The molecule has 1 aromatic heterocycles. The molecule has 0 radical (unpaired) electrons. The number of rotatable bonds is 2. The van der Waals surface area contributed by atoms with Gasteiger partial charge in [-0.15, -0.1) is 0 Å². The zero-order valence-corrected chi connectivity index (χ0v) is 14.4. The van der Waals surface area contributed by atoms with Gasteiger partial charge in [-0.1, -0.05) is 36.4 Å². The highest BCUT2D eigenvalue weighted by Crippen LogP contribution is 2.36. The number of hydrogen-bond acceptors (Lipinski definition) is 5. The van der Waals surface area contributed by atoms with Crippen LogP contribution in [0.5, 0.6) is 0 Å². The van der Waals surface area contributed by atoms with Crippen molar-refractivity contribution in [3.63, 3.8) is 0 Å². The fraction of sp³-hybridized carbons (Fsp3) is 0.235. The molecule has 2 heterocycles. The normalized spacial score (nSPS) is 22.5. The van der Waals surface area contributed by atoms with Gasteiger partial charge in [0.1, 0.15) is 11.6 Å². The second-order valence-electron chi connectivity index (χ2n) is 5.51. The summed E-state index contributed by atoms with van der Waals surface area (Å²) >= 11 is 7.32. The molecule has 1 atom stereocenters. The van der Waals surface area contributed by atoms with Gasteiger partial charge in [-0.2, -0.15) is 5.26 Å². The average Bonchev–Trinajstić information content (AvgIpc) is 3.00. The molecule has 23 heavy (non-hydrogen) atoms. The Labute approximate surface area is 144 Å². The van der Waals surface area contributed by atoms with Gasteiger partial charge >= 0.3 is 0 Å². The van der Waals surface area contributed by atoms with E-state index < -0.39 is 0 Å². The van der Waals surface area contributed by atoms with Crippen LogP contribution in [-0.4, -0.2) is 9.97 Å². The van der Waals surface area contributed by atoms with Crippen molar-refractivity contribution in [2.24, 2.45) is 5.92 Å². The van der Waals surface area contributed by atoms with Gasteiger partial charge in [0.2, 0.25) is 5.28 Å². The van der Waals surface area contributed by atoms with Gasteiger partial charge < -0.3 is 5.32 Å². The van der Waals surface area contributed by atoms with E-state index in [2.05, 4.69) is 47.4 Å². The SMILES string of the molecule is CC1=CC=C(C2=CS/C(=C(/C#N)c3ccnc(Cl)n3)N2)CC1C. The number of nitriles is 1. The lowest BCUT2D eigenvalue weighted by atomic mass is 9.88. The average molecular weight is 343 g/mol. The molecule has 0 bridgehead atoms. The van der Waals surface area contributed by atoms with Crippen molar-refractivity contribution in [3.8, 4) is 6.07 Å². The van der Waals surface area contributed by atoms with Crippen molar-refractivity contribution < 1.29 is 0 Å². The van der Waals surface area contributed by atoms with Gasteiger partial charge in [0.05, 0.1) is 10.7 Å². The maximum Gasteiger partial charge on any atom is 0.222 e. The molecule has 0 fully saturated rings.